The topological polar surface area (TPSA) is 23.8 Å². The standard InChI is InChI=1S/C4H6IN.C2H6/c1-4(2,5)3-6;1-2/h1-2H3;1-2H3. The van der Waals surface area contributed by atoms with Gasteiger partial charge in [-0.15, -0.1) is 0 Å². The van der Waals surface area contributed by atoms with E-state index < -0.39 is 0 Å². The maximum absolute atomic E-state index is 8.15. The lowest BCUT2D eigenvalue weighted by atomic mass is 10.3. The molecule has 0 rings (SSSR count). The molecule has 0 heterocycles. The van der Waals surface area contributed by atoms with Crippen LogP contribution in [0.5, 0.6) is 0 Å². The molecule has 0 aromatic rings. The highest BCUT2D eigenvalue weighted by atomic mass is 127. The molecule has 0 fully saturated rings. The van der Waals surface area contributed by atoms with Crippen LogP contribution in [0.15, 0.2) is 0 Å². The van der Waals surface area contributed by atoms with Gasteiger partial charge in [-0.25, -0.2) is 0 Å². The first-order chi connectivity index (χ1) is 3.56. The molecule has 0 aliphatic rings. The fourth-order valence-corrected chi connectivity index (χ4v) is 0. The summed E-state index contributed by atoms with van der Waals surface area (Å²) < 4.78 is -0.183. The van der Waals surface area contributed by atoms with Gasteiger partial charge >= 0.3 is 0 Å². The third-order valence-corrected chi connectivity index (χ3v) is 0.507. The van der Waals surface area contributed by atoms with E-state index in [4.69, 9.17) is 5.26 Å². The van der Waals surface area contributed by atoms with E-state index in [-0.39, 0.29) is 3.42 Å². The van der Waals surface area contributed by atoms with Gasteiger partial charge in [0.05, 0.1) is 6.07 Å². The SMILES string of the molecule is CC.CC(C)(I)C#N. The lowest BCUT2D eigenvalue weighted by Gasteiger charge is -1.98. The van der Waals surface area contributed by atoms with E-state index in [9.17, 15) is 0 Å². The molecule has 0 aromatic carbocycles. The summed E-state index contributed by atoms with van der Waals surface area (Å²) in [4.78, 5) is 0. The average molecular weight is 225 g/mol. The smallest absolute Gasteiger partial charge is 0.103 e. The minimum atomic E-state index is -0.183. The number of nitrogens with zero attached hydrogens (tertiary/aromatic N) is 1. The number of rotatable bonds is 0. The van der Waals surface area contributed by atoms with Crippen LogP contribution >= 0.6 is 22.6 Å². The number of halogens is 1. The van der Waals surface area contributed by atoms with Crippen LogP contribution in [-0.2, 0) is 0 Å². The minimum absolute atomic E-state index is 0.183. The van der Waals surface area contributed by atoms with Crippen molar-refractivity contribution in [2.75, 3.05) is 0 Å². The maximum atomic E-state index is 8.15. The molecule has 0 saturated carbocycles. The zero-order valence-electron chi connectivity index (χ0n) is 5.83. The maximum Gasteiger partial charge on any atom is 0.103 e. The van der Waals surface area contributed by atoms with Crippen molar-refractivity contribution in [1.29, 1.82) is 5.26 Å². The summed E-state index contributed by atoms with van der Waals surface area (Å²) in [6, 6.07) is 2.09. The van der Waals surface area contributed by atoms with Crippen molar-refractivity contribution in [2.45, 2.75) is 31.1 Å². The van der Waals surface area contributed by atoms with Crippen molar-refractivity contribution in [3.8, 4) is 6.07 Å². The van der Waals surface area contributed by atoms with Gasteiger partial charge in [-0.1, -0.05) is 36.4 Å². The van der Waals surface area contributed by atoms with Crippen LogP contribution in [0.2, 0.25) is 0 Å². The summed E-state index contributed by atoms with van der Waals surface area (Å²) in [7, 11) is 0. The van der Waals surface area contributed by atoms with E-state index in [1.54, 1.807) is 0 Å². The second-order valence-electron chi connectivity index (χ2n) is 1.58. The highest BCUT2D eigenvalue weighted by Crippen LogP contribution is 2.13. The first-order valence-electron chi connectivity index (χ1n) is 2.66. The first kappa shape index (κ1) is 11.1. The predicted molar refractivity (Wildman–Crippen MR) is 45.1 cm³/mol. The van der Waals surface area contributed by atoms with Crippen molar-refractivity contribution in [1.82, 2.24) is 0 Å². The van der Waals surface area contributed by atoms with E-state index >= 15 is 0 Å². The molecule has 1 nitrogen and oxygen atoms in total. The summed E-state index contributed by atoms with van der Waals surface area (Å²) in [6.45, 7) is 7.74. The number of hydrogen-bond donors (Lipinski definition) is 0. The van der Waals surface area contributed by atoms with Crippen LogP contribution < -0.4 is 0 Å². The van der Waals surface area contributed by atoms with Crippen LogP contribution in [-0.4, -0.2) is 3.42 Å². The van der Waals surface area contributed by atoms with Gasteiger partial charge in [0.15, 0.2) is 0 Å². The summed E-state index contributed by atoms with van der Waals surface area (Å²) in [5, 5.41) is 8.15. The molecule has 0 atom stereocenters. The third kappa shape index (κ3) is 16.3. The Kier molecular flexibility index (Phi) is 7.42. The molecule has 48 valence electrons. The highest BCUT2D eigenvalue weighted by Gasteiger charge is 2.07. The minimum Gasteiger partial charge on any atom is -0.197 e. The van der Waals surface area contributed by atoms with Gasteiger partial charge in [0.25, 0.3) is 0 Å². The Labute approximate surface area is 65.2 Å². The molecule has 8 heavy (non-hydrogen) atoms. The summed E-state index contributed by atoms with van der Waals surface area (Å²) in [5.41, 5.74) is 0. The molecule has 0 bridgehead atoms. The largest absolute Gasteiger partial charge is 0.197 e. The zero-order valence-corrected chi connectivity index (χ0v) is 7.98. The lowest BCUT2D eigenvalue weighted by Crippen LogP contribution is -2.01. The Hall–Kier alpha value is 0.220. The molecule has 0 aliphatic carbocycles. The number of hydrogen-bond acceptors (Lipinski definition) is 1. The molecular formula is C6H12IN. The Morgan fingerprint density at radius 2 is 1.50 bits per heavy atom. The van der Waals surface area contributed by atoms with E-state index in [1.165, 1.54) is 0 Å². The van der Waals surface area contributed by atoms with Gasteiger partial charge in [-0.3, -0.25) is 0 Å². The van der Waals surface area contributed by atoms with Gasteiger partial charge in [-0.05, 0) is 13.8 Å². The normalized spacial score (nSPS) is 8.50. The van der Waals surface area contributed by atoms with Gasteiger partial charge in [0.2, 0.25) is 0 Å². The molecule has 0 amide bonds. The van der Waals surface area contributed by atoms with Crippen LogP contribution in [0.1, 0.15) is 27.7 Å². The second kappa shape index (κ2) is 5.36. The lowest BCUT2D eigenvalue weighted by molar-refractivity contribution is 0.959. The fourth-order valence-electron chi connectivity index (χ4n) is 0. The molecule has 2 heteroatoms. The van der Waals surface area contributed by atoms with Crippen molar-refractivity contribution in [3.63, 3.8) is 0 Å². The quantitative estimate of drug-likeness (QED) is 0.459. The average Bonchev–Trinajstić information content (AvgIpc) is 1.71. The summed E-state index contributed by atoms with van der Waals surface area (Å²) in [5.74, 6) is 0. The Morgan fingerprint density at radius 1 is 1.38 bits per heavy atom. The molecule has 0 N–H and O–H groups in total. The monoisotopic (exact) mass is 225 g/mol. The Balaban J connectivity index is 0. The number of nitriles is 1. The Morgan fingerprint density at radius 3 is 1.50 bits per heavy atom. The van der Waals surface area contributed by atoms with Gasteiger partial charge in [-0.2, -0.15) is 5.26 Å². The van der Waals surface area contributed by atoms with Gasteiger partial charge < -0.3 is 0 Å². The predicted octanol–water partition coefficient (Wildman–Crippen LogP) is 2.75. The van der Waals surface area contributed by atoms with Crippen molar-refractivity contribution in [3.05, 3.63) is 0 Å². The van der Waals surface area contributed by atoms with Crippen molar-refractivity contribution >= 4 is 22.6 Å². The molecule has 0 radical (unpaired) electrons. The van der Waals surface area contributed by atoms with E-state index in [2.05, 4.69) is 28.7 Å². The number of alkyl halides is 1. The van der Waals surface area contributed by atoms with Crippen LogP contribution in [0.25, 0.3) is 0 Å². The van der Waals surface area contributed by atoms with Crippen molar-refractivity contribution in [2.24, 2.45) is 0 Å². The Bertz CT molecular complexity index is 75.5. The van der Waals surface area contributed by atoms with E-state index in [1.807, 2.05) is 27.7 Å². The van der Waals surface area contributed by atoms with Gasteiger partial charge in [0.1, 0.15) is 3.42 Å². The zero-order chi connectivity index (χ0) is 7.21. The van der Waals surface area contributed by atoms with E-state index in [0.717, 1.165) is 0 Å². The molecule has 0 aromatic heterocycles. The summed E-state index contributed by atoms with van der Waals surface area (Å²) >= 11 is 2.08. The molecule has 0 spiro atoms. The van der Waals surface area contributed by atoms with Crippen LogP contribution in [0.4, 0.5) is 0 Å². The first-order valence-corrected chi connectivity index (χ1v) is 3.74. The molecule has 0 unspecified atom stereocenters. The molecule has 0 saturated heterocycles. The molecular weight excluding hydrogens is 213 g/mol. The second-order valence-corrected chi connectivity index (χ2v) is 4.28. The molecule has 0 aliphatic heterocycles. The van der Waals surface area contributed by atoms with Gasteiger partial charge in [0, 0.05) is 0 Å². The highest BCUT2D eigenvalue weighted by molar-refractivity contribution is 14.1. The third-order valence-electron chi connectivity index (χ3n) is 0.266. The van der Waals surface area contributed by atoms with Crippen molar-refractivity contribution < 1.29 is 0 Å². The summed E-state index contributed by atoms with van der Waals surface area (Å²) in [6.07, 6.45) is 0. The van der Waals surface area contributed by atoms with Crippen LogP contribution in [0, 0.1) is 11.3 Å². The fraction of sp³-hybridized carbons (Fsp3) is 0.833. The van der Waals surface area contributed by atoms with E-state index in [0.29, 0.717) is 0 Å². The van der Waals surface area contributed by atoms with Crippen LogP contribution in [0.3, 0.4) is 0 Å².